The lowest BCUT2D eigenvalue weighted by atomic mass is 9.47. The standard InChI is InChI=1S/C47H69N5O3/c1-32(2)13-12-14-33(3)39-21-22-40-38-20-17-35-29-37(23-25-46(35,4)41(38)24-26-47(39,40)5)55-45(53)34-15-18-36(19-16-34)54-28-11-9-7-6-8-10-27-52-31-51-42-43(48)49-30-50-44(42)52/h15-19,30-33,37-41H,6-14,20-29H2,1-5H3,(H2,48,49,50)/t33-,37?,38+,39-,40+,41+,46+,47-/m1/s1. The van der Waals surface area contributed by atoms with Crippen molar-refractivity contribution in [1.82, 2.24) is 19.5 Å². The van der Waals surface area contributed by atoms with E-state index in [1.54, 1.807) is 11.9 Å². The van der Waals surface area contributed by atoms with Crippen LogP contribution in [0.3, 0.4) is 0 Å². The van der Waals surface area contributed by atoms with Crippen LogP contribution in [-0.2, 0) is 11.3 Å². The molecule has 8 nitrogen and oxygen atoms in total. The van der Waals surface area contributed by atoms with Gasteiger partial charge in [0.1, 0.15) is 23.7 Å². The number of allylic oxidation sites excluding steroid dienone is 1. The van der Waals surface area contributed by atoms with E-state index < -0.39 is 0 Å². The number of fused-ring (bicyclic) bond motifs is 6. The number of aryl methyl sites for hydroxylation is 1. The fraction of sp³-hybridized carbons (Fsp3) is 0.702. The van der Waals surface area contributed by atoms with Crippen LogP contribution in [0.1, 0.15) is 154 Å². The lowest BCUT2D eigenvalue weighted by Gasteiger charge is -2.58. The van der Waals surface area contributed by atoms with E-state index >= 15 is 0 Å². The molecule has 0 radical (unpaired) electrons. The van der Waals surface area contributed by atoms with Gasteiger partial charge in [-0.15, -0.1) is 0 Å². The number of nitrogens with two attached hydrogens (primary N) is 1. The molecule has 4 aliphatic rings. The number of carbonyl (C=O) groups is 1. The molecule has 0 spiro atoms. The minimum atomic E-state index is -0.207. The number of imidazole rings is 1. The summed E-state index contributed by atoms with van der Waals surface area (Å²) in [5, 5.41) is 0. The van der Waals surface area contributed by atoms with Crippen molar-refractivity contribution in [1.29, 1.82) is 0 Å². The van der Waals surface area contributed by atoms with E-state index in [0.717, 1.165) is 98.4 Å². The van der Waals surface area contributed by atoms with Crippen molar-refractivity contribution < 1.29 is 14.3 Å². The number of hydrogen-bond acceptors (Lipinski definition) is 7. The van der Waals surface area contributed by atoms with E-state index in [2.05, 4.69) is 60.2 Å². The molecular formula is C47H69N5O3. The molecule has 55 heavy (non-hydrogen) atoms. The SMILES string of the molecule is CC(C)CCC[C@@H](C)[C@H]1CC[C@H]2[C@@H]3CC=C4CC(OC(=O)c5ccc(OCCCCCCCCn6cnc7c(N)ncnc76)cc5)CC[C@]4(C)[C@H]3CC[C@]12C. The van der Waals surface area contributed by atoms with Crippen LogP contribution < -0.4 is 10.5 Å². The van der Waals surface area contributed by atoms with Gasteiger partial charge >= 0.3 is 5.97 Å². The van der Waals surface area contributed by atoms with Crippen LogP contribution in [0.4, 0.5) is 5.82 Å². The summed E-state index contributed by atoms with van der Waals surface area (Å²) in [4.78, 5) is 26.0. The highest BCUT2D eigenvalue weighted by molar-refractivity contribution is 5.89. The van der Waals surface area contributed by atoms with Crippen molar-refractivity contribution in [2.24, 2.45) is 46.3 Å². The van der Waals surface area contributed by atoms with Crippen LogP contribution >= 0.6 is 0 Å². The number of benzene rings is 1. The Labute approximate surface area is 330 Å². The minimum absolute atomic E-state index is 0.0320. The summed E-state index contributed by atoms with van der Waals surface area (Å²) in [6, 6.07) is 7.54. The molecule has 8 heteroatoms. The predicted octanol–water partition coefficient (Wildman–Crippen LogP) is 11.4. The highest BCUT2D eigenvalue weighted by Gasteiger charge is 2.59. The number of unbranched alkanes of at least 4 members (excludes halogenated alkanes) is 5. The molecule has 7 rings (SSSR count). The van der Waals surface area contributed by atoms with E-state index in [9.17, 15) is 4.79 Å². The first-order valence-corrected chi connectivity index (χ1v) is 22.1. The van der Waals surface area contributed by atoms with Crippen LogP contribution in [-0.4, -0.2) is 38.2 Å². The summed E-state index contributed by atoms with van der Waals surface area (Å²) in [5.41, 5.74) is 10.3. The Morgan fingerprint density at radius 2 is 1.67 bits per heavy atom. The molecule has 0 amide bonds. The predicted molar refractivity (Wildman–Crippen MR) is 222 cm³/mol. The van der Waals surface area contributed by atoms with Gasteiger partial charge in [0.25, 0.3) is 0 Å². The number of esters is 1. The van der Waals surface area contributed by atoms with Crippen molar-refractivity contribution >= 4 is 23.0 Å². The zero-order valence-electron chi connectivity index (χ0n) is 34.6. The van der Waals surface area contributed by atoms with Gasteiger partial charge in [-0.2, -0.15) is 0 Å². The third-order valence-corrected chi connectivity index (χ3v) is 15.1. The second kappa shape index (κ2) is 17.4. The van der Waals surface area contributed by atoms with Gasteiger partial charge in [-0.25, -0.2) is 19.7 Å². The molecule has 3 fully saturated rings. The maximum atomic E-state index is 13.3. The Morgan fingerprint density at radius 1 is 0.891 bits per heavy atom. The molecule has 3 aromatic rings. The number of rotatable bonds is 17. The summed E-state index contributed by atoms with van der Waals surface area (Å²) in [7, 11) is 0. The maximum Gasteiger partial charge on any atom is 0.338 e. The van der Waals surface area contributed by atoms with E-state index in [1.165, 1.54) is 70.5 Å². The van der Waals surface area contributed by atoms with Crippen LogP contribution in [0, 0.1) is 46.3 Å². The molecule has 2 N–H and O–H groups in total. The number of nitrogen functional groups attached to an aromatic ring is 1. The third kappa shape index (κ3) is 8.63. The second-order valence-electron chi connectivity index (χ2n) is 18.9. The van der Waals surface area contributed by atoms with Gasteiger partial charge in [0, 0.05) is 13.0 Å². The van der Waals surface area contributed by atoms with E-state index in [-0.39, 0.29) is 17.5 Å². The first-order chi connectivity index (χ1) is 26.6. The number of carbonyl (C=O) groups excluding carboxylic acids is 1. The van der Waals surface area contributed by atoms with Crippen LogP contribution in [0.2, 0.25) is 0 Å². The molecule has 2 aromatic heterocycles. The number of anilines is 1. The lowest BCUT2D eigenvalue weighted by Crippen LogP contribution is -2.51. The zero-order valence-corrected chi connectivity index (χ0v) is 34.6. The van der Waals surface area contributed by atoms with Gasteiger partial charge < -0.3 is 19.8 Å². The topological polar surface area (TPSA) is 105 Å². The Kier molecular flexibility index (Phi) is 12.6. The molecule has 8 atom stereocenters. The molecular weight excluding hydrogens is 683 g/mol. The van der Waals surface area contributed by atoms with Gasteiger partial charge in [0.2, 0.25) is 0 Å². The average molecular weight is 752 g/mol. The first-order valence-electron chi connectivity index (χ1n) is 22.1. The van der Waals surface area contributed by atoms with Gasteiger partial charge in [-0.1, -0.05) is 91.2 Å². The molecule has 0 saturated heterocycles. The van der Waals surface area contributed by atoms with Crippen molar-refractivity contribution in [3.63, 3.8) is 0 Å². The summed E-state index contributed by atoms with van der Waals surface area (Å²) in [6.07, 6.45) is 26.7. The fourth-order valence-electron chi connectivity index (χ4n) is 12.0. The number of nitrogens with zero attached hydrogens (tertiary/aromatic N) is 4. The largest absolute Gasteiger partial charge is 0.494 e. The van der Waals surface area contributed by atoms with E-state index in [1.807, 2.05) is 24.3 Å². The number of ether oxygens (including phenoxy) is 2. The summed E-state index contributed by atoms with van der Waals surface area (Å²) < 4.78 is 14.3. The lowest BCUT2D eigenvalue weighted by molar-refractivity contribution is -0.0594. The normalized spacial score (nSPS) is 29.3. The molecule has 3 saturated carbocycles. The average Bonchev–Trinajstić information content (AvgIpc) is 3.76. The first kappa shape index (κ1) is 39.8. The molecule has 0 aliphatic heterocycles. The van der Waals surface area contributed by atoms with Crippen molar-refractivity contribution in [2.75, 3.05) is 12.3 Å². The minimum Gasteiger partial charge on any atom is -0.494 e. The molecule has 1 unspecified atom stereocenters. The van der Waals surface area contributed by atoms with E-state index in [0.29, 0.717) is 28.9 Å². The number of hydrogen-bond donors (Lipinski definition) is 1. The van der Waals surface area contributed by atoms with Crippen LogP contribution in [0.5, 0.6) is 5.75 Å². The number of aromatic nitrogens is 4. The Bertz CT molecular complexity index is 1770. The summed E-state index contributed by atoms with van der Waals surface area (Å²) in [5.74, 6) is 6.06. The highest BCUT2D eigenvalue weighted by atomic mass is 16.5. The van der Waals surface area contributed by atoms with Crippen molar-refractivity contribution in [3.8, 4) is 5.75 Å². The molecule has 4 aliphatic carbocycles. The van der Waals surface area contributed by atoms with Crippen molar-refractivity contribution in [3.05, 3.63) is 54.1 Å². The summed E-state index contributed by atoms with van der Waals surface area (Å²) >= 11 is 0. The fourth-order valence-corrected chi connectivity index (χ4v) is 12.0. The van der Waals surface area contributed by atoms with Crippen LogP contribution in [0.15, 0.2) is 48.6 Å². The van der Waals surface area contributed by atoms with E-state index in [4.69, 9.17) is 15.2 Å². The highest BCUT2D eigenvalue weighted by Crippen LogP contribution is 2.67. The van der Waals surface area contributed by atoms with Crippen molar-refractivity contribution in [2.45, 2.75) is 156 Å². The van der Waals surface area contributed by atoms with Crippen LogP contribution in [0.25, 0.3) is 11.2 Å². The Morgan fingerprint density at radius 3 is 2.47 bits per heavy atom. The third-order valence-electron chi connectivity index (χ3n) is 15.1. The summed E-state index contributed by atoms with van der Waals surface area (Å²) in [6.45, 7) is 14.1. The van der Waals surface area contributed by atoms with Gasteiger partial charge in [-0.05, 0) is 128 Å². The Balaban J connectivity index is 0.810. The molecule has 1 aromatic carbocycles. The Hall–Kier alpha value is -3.42. The second-order valence-corrected chi connectivity index (χ2v) is 18.9. The van der Waals surface area contributed by atoms with Gasteiger partial charge in [0.05, 0.1) is 18.5 Å². The quantitative estimate of drug-likeness (QED) is 0.0831. The smallest absolute Gasteiger partial charge is 0.338 e. The van der Waals surface area contributed by atoms with Gasteiger partial charge in [0.15, 0.2) is 11.5 Å². The molecule has 2 heterocycles. The molecule has 300 valence electrons. The molecule has 0 bridgehead atoms. The zero-order chi connectivity index (χ0) is 38.6. The maximum absolute atomic E-state index is 13.3. The monoisotopic (exact) mass is 752 g/mol. The van der Waals surface area contributed by atoms with Gasteiger partial charge in [-0.3, -0.25) is 0 Å².